The topological polar surface area (TPSA) is 46.6 Å². The number of hydrogen-bond acceptors (Lipinski definition) is 5. The molecule has 1 aliphatic heterocycles. The van der Waals surface area contributed by atoms with Crippen molar-refractivity contribution in [1.29, 1.82) is 0 Å². The van der Waals surface area contributed by atoms with Crippen LogP contribution in [0.5, 0.6) is 11.5 Å². The summed E-state index contributed by atoms with van der Waals surface area (Å²) < 4.78 is 11.1. The zero-order valence-corrected chi connectivity index (χ0v) is 14.6. The third kappa shape index (κ3) is 4.38. The Labute approximate surface area is 149 Å². The van der Waals surface area contributed by atoms with Gasteiger partial charge in [0.15, 0.2) is 11.5 Å². The molecule has 2 heterocycles. The monoisotopic (exact) mass is 339 g/mol. The van der Waals surface area contributed by atoms with Crippen molar-refractivity contribution in [3.8, 4) is 11.5 Å². The molecule has 1 unspecified atom stereocenters. The molecule has 1 aromatic carbocycles. The third-order valence-electron chi connectivity index (χ3n) is 4.42. The molecule has 25 heavy (non-hydrogen) atoms. The zero-order chi connectivity index (χ0) is 17.5. The molecule has 0 saturated carbocycles. The average molecular weight is 339 g/mol. The SMILES string of the molecule is C=CCOc1ccc(CN2CCNCC2c2ccncc2)cc1OC. The van der Waals surface area contributed by atoms with Gasteiger partial charge < -0.3 is 14.8 Å². The van der Waals surface area contributed by atoms with E-state index in [1.165, 1.54) is 11.1 Å². The van der Waals surface area contributed by atoms with Crippen LogP contribution < -0.4 is 14.8 Å². The van der Waals surface area contributed by atoms with Gasteiger partial charge in [-0.15, -0.1) is 0 Å². The predicted octanol–water partition coefficient (Wildman–Crippen LogP) is 2.80. The van der Waals surface area contributed by atoms with Crippen molar-refractivity contribution in [3.63, 3.8) is 0 Å². The molecule has 2 aromatic rings. The Bertz CT molecular complexity index is 691. The zero-order valence-electron chi connectivity index (χ0n) is 14.6. The lowest BCUT2D eigenvalue weighted by atomic mass is 10.0. The van der Waals surface area contributed by atoms with E-state index in [9.17, 15) is 0 Å². The Morgan fingerprint density at radius 1 is 1.28 bits per heavy atom. The van der Waals surface area contributed by atoms with Gasteiger partial charge in [0.05, 0.1) is 7.11 Å². The summed E-state index contributed by atoms with van der Waals surface area (Å²) in [7, 11) is 1.67. The standard InChI is InChI=1S/C20H25N3O2/c1-3-12-25-19-5-4-16(13-20(19)24-2)15-23-11-10-22-14-18(23)17-6-8-21-9-7-17/h3-9,13,18,22H,1,10-12,14-15H2,2H3. The number of nitrogens with zero attached hydrogens (tertiary/aromatic N) is 2. The van der Waals surface area contributed by atoms with E-state index in [1.807, 2.05) is 18.5 Å². The number of nitrogens with one attached hydrogen (secondary N) is 1. The molecule has 1 aromatic heterocycles. The van der Waals surface area contributed by atoms with Gasteiger partial charge in [0, 0.05) is 44.6 Å². The van der Waals surface area contributed by atoms with Crippen molar-refractivity contribution < 1.29 is 9.47 Å². The Morgan fingerprint density at radius 2 is 2.12 bits per heavy atom. The molecule has 5 heteroatoms. The van der Waals surface area contributed by atoms with Crippen LogP contribution in [0.1, 0.15) is 17.2 Å². The van der Waals surface area contributed by atoms with E-state index in [0.717, 1.165) is 37.7 Å². The Kier molecular flexibility index (Phi) is 6.04. The van der Waals surface area contributed by atoms with Crippen molar-refractivity contribution in [2.45, 2.75) is 12.6 Å². The summed E-state index contributed by atoms with van der Waals surface area (Å²) in [5.41, 5.74) is 2.50. The molecule has 0 radical (unpaired) electrons. The third-order valence-corrected chi connectivity index (χ3v) is 4.42. The van der Waals surface area contributed by atoms with E-state index in [4.69, 9.17) is 9.47 Å². The summed E-state index contributed by atoms with van der Waals surface area (Å²) >= 11 is 0. The van der Waals surface area contributed by atoms with E-state index >= 15 is 0 Å². The maximum Gasteiger partial charge on any atom is 0.161 e. The van der Waals surface area contributed by atoms with Crippen LogP contribution in [0, 0.1) is 0 Å². The van der Waals surface area contributed by atoms with E-state index < -0.39 is 0 Å². The number of piperazine rings is 1. The normalized spacial score (nSPS) is 17.9. The van der Waals surface area contributed by atoms with Crippen molar-refractivity contribution in [2.24, 2.45) is 0 Å². The number of methoxy groups -OCH3 is 1. The molecular formula is C20H25N3O2. The van der Waals surface area contributed by atoms with Crippen LogP contribution in [0.2, 0.25) is 0 Å². The molecule has 5 nitrogen and oxygen atoms in total. The minimum atomic E-state index is 0.347. The highest BCUT2D eigenvalue weighted by atomic mass is 16.5. The maximum absolute atomic E-state index is 5.64. The smallest absolute Gasteiger partial charge is 0.161 e. The first kappa shape index (κ1) is 17.5. The van der Waals surface area contributed by atoms with Gasteiger partial charge in [-0.05, 0) is 35.4 Å². The molecular weight excluding hydrogens is 314 g/mol. The predicted molar refractivity (Wildman–Crippen MR) is 98.9 cm³/mol. The van der Waals surface area contributed by atoms with Crippen molar-refractivity contribution >= 4 is 0 Å². The summed E-state index contributed by atoms with van der Waals surface area (Å²) in [5, 5.41) is 3.49. The molecule has 3 rings (SSSR count). The molecule has 0 aliphatic carbocycles. The first-order valence-electron chi connectivity index (χ1n) is 8.57. The number of benzene rings is 1. The van der Waals surface area contributed by atoms with E-state index in [1.54, 1.807) is 13.2 Å². The van der Waals surface area contributed by atoms with Gasteiger partial charge in [-0.1, -0.05) is 18.7 Å². The number of hydrogen-bond donors (Lipinski definition) is 1. The lowest BCUT2D eigenvalue weighted by molar-refractivity contribution is 0.153. The molecule has 0 spiro atoms. The van der Waals surface area contributed by atoms with E-state index in [2.05, 4.69) is 46.0 Å². The second-order valence-electron chi connectivity index (χ2n) is 6.06. The van der Waals surface area contributed by atoms with Gasteiger partial charge in [0.25, 0.3) is 0 Å². The fraction of sp³-hybridized carbons (Fsp3) is 0.350. The minimum absolute atomic E-state index is 0.347. The molecule has 1 N–H and O–H groups in total. The molecule has 0 amide bonds. The summed E-state index contributed by atoms with van der Waals surface area (Å²) in [6.45, 7) is 7.97. The van der Waals surface area contributed by atoms with Crippen LogP contribution in [0.15, 0.2) is 55.4 Å². The maximum atomic E-state index is 5.64. The van der Waals surface area contributed by atoms with Crippen LogP contribution in [0.4, 0.5) is 0 Å². The molecule has 1 saturated heterocycles. The van der Waals surface area contributed by atoms with Crippen LogP contribution >= 0.6 is 0 Å². The lowest BCUT2D eigenvalue weighted by Gasteiger charge is -2.36. The second-order valence-corrected chi connectivity index (χ2v) is 6.06. The van der Waals surface area contributed by atoms with Gasteiger partial charge in [-0.3, -0.25) is 9.88 Å². The first-order chi connectivity index (χ1) is 12.3. The van der Waals surface area contributed by atoms with Crippen LogP contribution in [0.3, 0.4) is 0 Å². The van der Waals surface area contributed by atoms with Crippen LogP contribution in [-0.4, -0.2) is 43.2 Å². The second kappa shape index (κ2) is 8.65. The summed E-state index contributed by atoms with van der Waals surface area (Å²) in [5.74, 6) is 1.51. The van der Waals surface area contributed by atoms with E-state index in [0.29, 0.717) is 12.6 Å². The minimum Gasteiger partial charge on any atom is -0.493 e. The Balaban J connectivity index is 1.76. The number of rotatable bonds is 7. The number of pyridine rings is 1. The molecule has 132 valence electrons. The summed E-state index contributed by atoms with van der Waals surface area (Å²) in [6, 6.07) is 10.7. The quantitative estimate of drug-likeness (QED) is 0.786. The number of ether oxygens (including phenoxy) is 2. The fourth-order valence-corrected chi connectivity index (χ4v) is 3.16. The summed E-state index contributed by atoms with van der Waals surface area (Å²) in [4.78, 5) is 6.62. The highest BCUT2D eigenvalue weighted by Crippen LogP contribution is 2.30. The van der Waals surface area contributed by atoms with Crippen molar-refractivity contribution in [2.75, 3.05) is 33.4 Å². The molecule has 1 aliphatic rings. The van der Waals surface area contributed by atoms with Crippen LogP contribution in [0.25, 0.3) is 0 Å². The van der Waals surface area contributed by atoms with E-state index in [-0.39, 0.29) is 0 Å². The van der Waals surface area contributed by atoms with Crippen molar-refractivity contribution in [1.82, 2.24) is 15.2 Å². The highest BCUT2D eigenvalue weighted by molar-refractivity contribution is 5.43. The summed E-state index contributed by atoms with van der Waals surface area (Å²) in [6.07, 6.45) is 5.45. The van der Waals surface area contributed by atoms with Crippen LogP contribution in [-0.2, 0) is 6.54 Å². The fourth-order valence-electron chi connectivity index (χ4n) is 3.16. The highest BCUT2D eigenvalue weighted by Gasteiger charge is 2.24. The van der Waals surface area contributed by atoms with Gasteiger partial charge in [-0.2, -0.15) is 0 Å². The Hall–Kier alpha value is -2.37. The first-order valence-corrected chi connectivity index (χ1v) is 8.57. The lowest BCUT2D eigenvalue weighted by Crippen LogP contribution is -2.45. The molecule has 1 atom stereocenters. The molecule has 1 fully saturated rings. The van der Waals surface area contributed by atoms with Gasteiger partial charge >= 0.3 is 0 Å². The Morgan fingerprint density at radius 3 is 2.88 bits per heavy atom. The van der Waals surface area contributed by atoms with Gasteiger partial charge in [0.1, 0.15) is 6.61 Å². The average Bonchev–Trinajstić information content (AvgIpc) is 2.68. The van der Waals surface area contributed by atoms with Gasteiger partial charge in [-0.25, -0.2) is 0 Å². The van der Waals surface area contributed by atoms with Gasteiger partial charge in [0.2, 0.25) is 0 Å². The molecule has 0 bridgehead atoms. The number of aromatic nitrogens is 1. The largest absolute Gasteiger partial charge is 0.493 e. The van der Waals surface area contributed by atoms with Crippen molar-refractivity contribution in [3.05, 3.63) is 66.5 Å².